The molecule has 1 N–H and O–H groups in total. The maximum absolute atomic E-state index is 13.2. The molecule has 1 saturated carbocycles. The summed E-state index contributed by atoms with van der Waals surface area (Å²) in [6.45, 7) is 1.19. The molecule has 6 heteroatoms. The van der Waals surface area contributed by atoms with E-state index in [1.165, 1.54) is 0 Å². The molecule has 1 aromatic carbocycles. The molecule has 2 heterocycles. The Labute approximate surface area is 157 Å². The number of carbonyl (C=O) groups is 2. The Balaban J connectivity index is 1.62. The maximum Gasteiger partial charge on any atom is 0.303 e. The van der Waals surface area contributed by atoms with Crippen LogP contribution >= 0.6 is 11.6 Å². The summed E-state index contributed by atoms with van der Waals surface area (Å²) in [6, 6.07) is 7.42. The van der Waals surface area contributed by atoms with Crippen LogP contribution in [-0.2, 0) is 4.79 Å². The van der Waals surface area contributed by atoms with E-state index in [9.17, 15) is 9.59 Å². The number of benzene rings is 1. The van der Waals surface area contributed by atoms with Gasteiger partial charge >= 0.3 is 5.97 Å². The lowest BCUT2D eigenvalue weighted by Crippen LogP contribution is -2.39. The average molecular weight is 373 g/mol. The van der Waals surface area contributed by atoms with Crippen LogP contribution in [0, 0.1) is 5.92 Å². The molecule has 0 spiro atoms. The van der Waals surface area contributed by atoms with Crippen molar-refractivity contribution in [1.29, 1.82) is 0 Å². The number of nitrogens with zero attached hydrogens (tertiary/aromatic N) is 2. The van der Waals surface area contributed by atoms with Crippen molar-refractivity contribution in [3.63, 3.8) is 0 Å². The summed E-state index contributed by atoms with van der Waals surface area (Å²) in [5, 5.41) is 10.3. The number of hydrogen-bond donors (Lipinski definition) is 1. The first-order valence-electron chi connectivity index (χ1n) is 9.12. The summed E-state index contributed by atoms with van der Waals surface area (Å²) in [5.74, 6) is -0.154. The highest BCUT2D eigenvalue weighted by atomic mass is 35.5. The van der Waals surface area contributed by atoms with Crippen molar-refractivity contribution in [2.45, 2.75) is 38.0 Å². The topological polar surface area (TPSA) is 70.5 Å². The maximum atomic E-state index is 13.2. The molecule has 1 aliphatic carbocycles. The third-order valence-electron chi connectivity index (χ3n) is 5.38. The predicted molar refractivity (Wildman–Crippen MR) is 99.6 cm³/mol. The number of amides is 1. The van der Waals surface area contributed by atoms with Crippen LogP contribution in [0.2, 0.25) is 5.02 Å². The predicted octanol–water partition coefficient (Wildman–Crippen LogP) is 4.09. The van der Waals surface area contributed by atoms with Gasteiger partial charge in [0.1, 0.15) is 0 Å². The van der Waals surface area contributed by atoms with Crippen LogP contribution in [-0.4, -0.2) is 40.0 Å². The lowest BCUT2D eigenvalue weighted by molar-refractivity contribution is -0.138. The Kier molecular flexibility index (Phi) is 4.57. The van der Waals surface area contributed by atoms with Gasteiger partial charge in [0.2, 0.25) is 0 Å². The van der Waals surface area contributed by atoms with Gasteiger partial charge in [-0.3, -0.25) is 14.6 Å². The van der Waals surface area contributed by atoms with Gasteiger partial charge in [-0.05, 0) is 55.9 Å². The molecule has 1 aliphatic heterocycles. The van der Waals surface area contributed by atoms with Gasteiger partial charge in [-0.15, -0.1) is 0 Å². The molecular formula is C20H21ClN2O3. The highest BCUT2D eigenvalue weighted by Crippen LogP contribution is 2.40. The van der Waals surface area contributed by atoms with Gasteiger partial charge in [0.15, 0.2) is 0 Å². The minimum absolute atomic E-state index is 0.00431. The van der Waals surface area contributed by atoms with Crippen LogP contribution < -0.4 is 0 Å². The summed E-state index contributed by atoms with van der Waals surface area (Å²) >= 11 is 6.16. The van der Waals surface area contributed by atoms with Crippen molar-refractivity contribution in [2.24, 2.45) is 5.92 Å². The van der Waals surface area contributed by atoms with Gasteiger partial charge in [0, 0.05) is 41.5 Å². The number of aromatic nitrogens is 1. The number of hydrogen-bond acceptors (Lipinski definition) is 3. The van der Waals surface area contributed by atoms with Crippen LogP contribution in [0.3, 0.4) is 0 Å². The first-order chi connectivity index (χ1) is 12.5. The number of carbonyl (C=O) groups excluding carboxylic acids is 1. The number of carboxylic acid groups (broad SMARTS) is 1. The fourth-order valence-corrected chi connectivity index (χ4v) is 3.91. The normalized spacial score (nSPS) is 18.3. The van der Waals surface area contributed by atoms with E-state index >= 15 is 0 Å². The van der Waals surface area contributed by atoms with Crippen molar-refractivity contribution in [1.82, 2.24) is 9.88 Å². The molecule has 1 saturated heterocycles. The average Bonchev–Trinajstić information content (AvgIpc) is 3.45. The van der Waals surface area contributed by atoms with E-state index in [1.807, 2.05) is 23.1 Å². The van der Waals surface area contributed by atoms with E-state index in [2.05, 4.69) is 0 Å². The highest BCUT2D eigenvalue weighted by Gasteiger charge is 2.29. The van der Waals surface area contributed by atoms with Crippen molar-refractivity contribution < 1.29 is 14.7 Å². The molecule has 0 unspecified atom stereocenters. The number of aliphatic carboxylic acids is 1. The Morgan fingerprint density at radius 3 is 2.54 bits per heavy atom. The summed E-state index contributed by atoms with van der Waals surface area (Å²) in [4.78, 5) is 30.6. The Morgan fingerprint density at radius 1 is 1.15 bits per heavy atom. The summed E-state index contributed by atoms with van der Waals surface area (Å²) < 4.78 is 0. The van der Waals surface area contributed by atoms with Crippen LogP contribution in [0.4, 0.5) is 0 Å². The lowest BCUT2D eigenvalue weighted by Gasteiger charge is -2.31. The Bertz CT molecular complexity index is 871. The van der Waals surface area contributed by atoms with Gasteiger partial charge in [-0.2, -0.15) is 0 Å². The molecule has 1 amide bonds. The van der Waals surface area contributed by atoms with E-state index < -0.39 is 5.97 Å². The number of pyridine rings is 1. The van der Waals surface area contributed by atoms with E-state index in [1.54, 1.807) is 6.07 Å². The largest absolute Gasteiger partial charge is 0.481 e. The van der Waals surface area contributed by atoms with Gasteiger partial charge in [0.25, 0.3) is 5.91 Å². The number of carboxylic acids is 1. The van der Waals surface area contributed by atoms with Gasteiger partial charge in [-0.25, -0.2) is 0 Å². The van der Waals surface area contributed by atoms with Crippen molar-refractivity contribution in [2.75, 3.05) is 13.1 Å². The number of likely N-dealkylation sites (tertiary alicyclic amines) is 1. The van der Waals surface area contributed by atoms with E-state index in [0.29, 0.717) is 29.6 Å². The van der Waals surface area contributed by atoms with Crippen molar-refractivity contribution >= 4 is 34.4 Å². The van der Waals surface area contributed by atoms with Crippen molar-refractivity contribution in [3.8, 4) is 0 Å². The molecule has 2 aromatic rings. The third-order valence-corrected chi connectivity index (χ3v) is 5.62. The number of fused-ring (bicyclic) bond motifs is 1. The van der Waals surface area contributed by atoms with Gasteiger partial charge in [0.05, 0.1) is 11.1 Å². The van der Waals surface area contributed by atoms with Crippen molar-refractivity contribution in [3.05, 3.63) is 40.5 Å². The molecule has 4 rings (SSSR count). The molecule has 1 aromatic heterocycles. The third kappa shape index (κ3) is 3.54. The molecule has 2 aliphatic rings. The number of halogens is 1. The molecular weight excluding hydrogens is 352 g/mol. The lowest BCUT2D eigenvalue weighted by atomic mass is 9.93. The van der Waals surface area contributed by atoms with Gasteiger partial charge < -0.3 is 10.0 Å². The molecule has 0 radical (unpaired) electrons. The van der Waals surface area contributed by atoms with Crippen LogP contribution in [0.25, 0.3) is 10.9 Å². The SMILES string of the molecule is O=C(O)CC1CCN(C(=O)c2cc(C3CC3)nc3ccc(Cl)cc23)CC1. The highest BCUT2D eigenvalue weighted by molar-refractivity contribution is 6.31. The Hall–Kier alpha value is -2.14. The van der Waals surface area contributed by atoms with Crippen LogP contribution in [0.1, 0.15) is 54.1 Å². The molecule has 2 fully saturated rings. The zero-order valence-electron chi connectivity index (χ0n) is 14.4. The van der Waals surface area contributed by atoms with Crippen LogP contribution in [0.15, 0.2) is 24.3 Å². The first kappa shape index (κ1) is 17.3. The second-order valence-corrected chi connectivity index (χ2v) is 7.80. The van der Waals surface area contributed by atoms with E-state index in [-0.39, 0.29) is 18.2 Å². The fraction of sp³-hybridized carbons (Fsp3) is 0.450. The quantitative estimate of drug-likeness (QED) is 0.877. The van der Waals surface area contributed by atoms with Crippen LogP contribution in [0.5, 0.6) is 0 Å². The second kappa shape index (κ2) is 6.88. The smallest absolute Gasteiger partial charge is 0.303 e. The second-order valence-electron chi connectivity index (χ2n) is 7.36. The van der Waals surface area contributed by atoms with E-state index in [0.717, 1.165) is 42.3 Å². The molecule has 136 valence electrons. The standard InChI is InChI=1S/C20H21ClN2O3/c21-14-3-4-17-15(10-14)16(11-18(22-17)13-1-2-13)20(26)23-7-5-12(6-8-23)9-19(24)25/h3-4,10-13H,1-2,5-9H2,(H,24,25). The fourth-order valence-electron chi connectivity index (χ4n) is 3.74. The summed E-state index contributed by atoms with van der Waals surface area (Å²) in [6.07, 6.45) is 3.90. The summed E-state index contributed by atoms with van der Waals surface area (Å²) in [5.41, 5.74) is 2.46. The minimum atomic E-state index is -0.765. The molecule has 5 nitrogen and oxygen atoms in total. The molecule has 26 heavy (non-hydrogen) atoms. The first-order valence-corrected chi connectivity index (χ1v) is 9.50. The summed E-state index contributed by atoms with van der Waals surface area (Å²) in [7, 11) is 0. The monoisotopic (exact) mass is 372 g/mol. The zero-order chi connectivity index (χ0) is 18.3. The van der Waals surface area contributed by atoms with Gasteiger partial charge in [-0.1, -0.05) is 11.6 Å². The number of rotatable bonds is 4. The van der Waals surface area contributed by atoms with E-state index in [4.69, 9.17) is 21.7 Å². The zero-order valence-corrected chi connectivity index (χ0v) is 15.2. The minimum Gasteiger partial charge on any atom is -0.481 e. The number of piperidine rings is 1. The Morgan fingerprint density at radius 2 is 1.88 bits per heavy atom. The molecule has 0 atom stereocenters. The molecule has 0 bridgehead atoms.